The highest BCUT2D eigenvalue weighted by molar-refractivity contribution is 5.28. The number of oxazole rings is 1. The van der Waals surface area contributed by atoms with Crippen molar-refractivity contribution in [1.82, 2.24) is 4.98 Å². The number of nitrogen functional groups attached to an aromatic ring is 1. The molecule has 3 heteroatoms. The second-order valence-electron chi connectivity index (χ2n) is 4.25. The Kier molecular flexibility index (Phi) is 2.95. The van der Waals surface area contributed by atoms with Crippen molar-refractivity contribution in [2.75, 3.05) is 5.73 Å². The third-order valence-corrected chi connectivity index (χ3v) is 2.60. The van der Waals surface area contributed by atoms with Crippen LogP contribution in [0.15, 0.2) is 34.9 Å². The summed E-state index contributed by atoms with van der Waals surface area (Å²) in [5, 5.41) is 0. The standard InChI is InChI=1S/C13H16N2O/c1-9(2)11-5-3-10(4-6-11)7-12-8-16-13(14)15-12/h3-6,8-9H,7H2,1-2H3,(H2,14,15). The van der Waals surface area contributed by atoms with Crippen LogP contribution in [0.25, 0.3) is 0 Å². The number of nitrogens with zero attached hydrogens (tertiary/aromatic N) is 1. The Labute approximate surface area is 95.3 Å². The number of nitrogens with two attached hydrogens (primary N) is 1. The maximum atomic E-state index is 5.42. The van der Waals surface area contributed by atoms with Gasteiger partial charge in [-0.15, -0.1) is 0 Å². The van der Waals surface area contributed by atoms with Gasteiger partial charge in [0.15, 0.2) is 0 Å². The molecule has 2 aromatic rings. The van der Waals surface area contributed by atoms with E-state index in [1.54, 1.807) is 6.26 Å². The van der Waals surface area contributed by atoms with Crippen molar-refractivity contribution in [2.24, 2.45) is 0 Å². The van der Waals surface area contributed by atoms with E-state index in [1.807, 2.05) is 0 Å². The molecule has 0 amide bonds. The molecule has 84 valence electrons. The van der Waals surface area contributed by atoms with E-state index in [2.05, 4.69) is 43.1 Å². The van der Waals surface area contributed by atoms with Crippen LogP contribution in [0.2, 0.25) is 0 Å². The molecule has 0 unspecified atom stereocenters. The second kappa shape index (κ2) is 4.39. The van der Waals surface area contributed by atoms with E-state index in [4.69, 9.17) is 10.2 Å². The third kappa shape index (κ3) is 2.42. The zero-order chi connectivity index (χ0) is 11.5. The van der Waals surface area contributed by atoms with Crippen LogP contribution in [0.1, 0.15) is 36.6 Å². The predicted molar refractivity (Wildman–Crippen MR) is 64.3 cm³/mol. The van der Waals surface area contributed by atoms with Gasteiger partial charge >= 0.3 is 0 Å². The van der Waals surface area contributed by atoms with Gasteiger partial charge in [-0.3, -0.25) is 0 Å². The minimum absolute atomic E-state index is 0.230. The first-order chi connectivity index (χ1) is 7.65. The molecule has 16 heavy (non-hydrogen) atoms. The van der Waals surface area contributed by atoms with Gasteiger partial charge in [-0.1, -0.05) is 38.1 Å². The second-order valence-corrected chi connectivity index (χ2v) is 4.25. The van der Waals surface area contributed by atoms with Crippen molar-refractivity contribution >= 4 is 6.01 Å². The number of rotatable bonds is 3. The molecule has 0 atom stereocenters. The average Bonchev–Trinajstić information content (AvgIpc) is 2.65. The Balaban J connectivity index is 2.11. The van der Waals surface area contributed by atoms with Gasteiger partial charge in [0.1, 0.15) is 6.26 Å². The van der Waals surface area contributed by atoms with Crippen molar-refractivity contribution in [1.29, 1.82) is 0 Å². The molecular weight excluding hydrogens is 200 g/mol. The number of hydrogen-bond donors (Lipinski definition) is 1. The van der Waals surface area contributed by atoms with Crippen molar-refractivity contribution in [3.05, 3.63) is 47.3 Å². The van der Waals surface area contributed by atoms with Gasteiger partial charge in [-0.05, 0) is 17.0 Å². The molecule has 0 saturated heterocycles. The number of benzene rings is 1. The molecule has 1 aromatic carbocycles. The number of aromatic nitrogens is 1. The maximum absolute atomic E-state index is 5.42. The van der Waals surface area contributed by atoms with E-state index in [-0.39, 0.29) is 6.01 Å². The monoisotopic (exact) mass is 216 g/mol. The lowest BCUT2D eigenvalue weighted by Gasteiger charge is -2.05. The molecule has 0 fully saturated rings. The van der Waals surface area contributed by atoms with E-state index in [0.717, 1.165) is 12.1 Å². The van der Waals surface area contributed by atoms with Gasteiger partial charge in [0.05, 0.1) is 5.69 Å². The quantitative estimate of drug-likeness (QED) is 0.858. The molecule has 2 N–H and O–H groups in total. The van der Waals surface area contributed by atoms with Crippen molar-refractivity contribution in [3.63, 3.8) is 0 Å². The van der Waals surface area contributed by atoms with E-state index in [0.29, 0.717) is 5.92 Å². The van der Waals surface area contributed by atoms with Gasteiger partial charge in [0.25, 0.3) is 6.01 Å². The molecule has 0 radical (unpaired) electrons. The molecule has 0 bridgehead atoms. The molecule has 0 saturated carbocycles. The summed E-state index contributed by atoms with van der Waals surface area (Å²) in [4.78, 5) is 4.07. The van der Waals surface area contributed by atoms with Gasteiger partial charge < -0.3 is 10.2 Å². The van der Waals surface area contributed by atoms with Crippen molar-refractivity contribution in [3.8, 4) is 0 Å². The fourth-order valence-corrected chi connectivity index (χ4v) is 1.63. The first kappa shape index (κ1) is 10.7. The minimum atomic E-state index is 0.230. The first-order valence-corrected chi connectivity index (χ1v) is 5.44. The summed E-state index contributed by atoms with van der Waals surface area (Å²) in [6.07, 6.45) is 2.37. The summed E-state index contributed by atoms with van der Waals surface area (Å²) >= 11 is 0. The van der Waals surface area contributed by atoms with Crippen LogP contribution < -0.4 is 5.73 Å². The zero-order valence-electron chi connectivity index (χ0n) is 9.60. The van der Waals surface area contributed by atoms with Gasteiger partial charge in [-0.25, -0.2) is 0 Å². The van der Waals surface area contributed by atoms with E-state index >= 15 is 0 Å². The Bertz CT molecular complexity index is 457. The fourth-order valence-electron chi connectivity index (χ4n) is 1.63. The third-order valence-electron chi connectivity index (χ3n) is 2.60. The Hall–Kier alpha value is -1.77. The summed E-state index contributed by atoms with van der Waals surface area (Å²) in [7, 11) is 0. The van der Waals surface area contributed by atoms with Crippen molar-refractivity contribution in [2.45, 2.75) is 26.2 Å². The smallest absolute Gasteiger partial charge is 0.292 e. The summed E-state index contributed by atoms with van der Waals surface area (Å²) in [5.74, 6) is 0.566. The Morgan fingerprint density at radius 3 is 2.44 bits per heavy atom. The Morgan fingerprint density at radius 2 is 1.94 bits per heavy atom. The molecule has 1 heterocycles. The number of anilines is 1. The number of hydrogen-bond acceptors (Lipinski definition) is 3. The highest BCUT2D eigenvalue weighted by atomic mass is 16.4. The largest absolute Gasteiger partial charge is 0.432 e. The lowest BCUT2D eigenvalue weighted by Crippen LogP contribution is -1.92. The van der Waals surface area contributed by atoms with Gasteiger partial charge in [0.2, 0.25) is 0 Å². The van der Waals surface area contributed by atoms with Gasteiger partial charge in [-0.2, -0.15) is 4.98 Å². The van der Waals surface area contributed by atoms with Crippen LogP contribution in [0, 0.1) is 0 Å². The summed E-state index contributed by atoms with van der Waals surface area (Å²) in [6, 6.07) is 8.79. The van der Waals surface area contributed by atoms with Crippen molar-refractivity contribution < 1.29 is 4.42 Å². The van der Waals surface area contributed by atoms with E-state index in [9.17, 15) is 0 Å². The molecule has 0 aliphatic carbocycles. The topological polar surface area (TPSA) is 52.0 Å². The lowest BCUT2D eigenvalue weighted by atomic mass is 10.0. The highest BCUT2D eigenvalue weighted by Crippen LogP contribution is 2.16. The van der Waals surface area contributed by atoms with Gasteiger partial charge in [0, 0.05) is 6.42 Å². The van der Waals surface area contributed by atoms with Crippen LogP contribution in [0.3, 0.4) is 0 Å². The molecule has 3 nitrogen and oxygen atoms in total. The average molecular weight is 216 g/mol. The summed E-state index contributed by atoms with van der Waals surface area (Å²) in [5.41, 5.74) is 8.86. The summed E-state index contributed by atoms with van der Waals surface area (Å²) < 4.78 is 4.97. The van der Waals surface area contributed by atoms with E-state index < -0.39 is 0 Å². The zero-order valence-corrected chi connectivity index (χ0v) is 9.60. The van der Waals surface area contributed by atoms with Crippen LogP contribution >= 0.6 is 0 Å². The SMILES string of the molecule is CC(C)c1ccc(Cc2coc(N)n2)cc1. The highest BCUT2D eigenvalue weighted by Gasteiger charge is 2.03. The summed E-state index contributed by atoms with van der Waals surface area (Å²) in [6.45, 7) is 4.38. The Morgan fingerprint density at radius 1 is 1.25 bits per heavy atom. The lowest BCUT2D eigenvalue weighted by molar-refractivity contribution is 0.579. The minimum Gasteiger partial charge on any atom is -0.432 e. The predicted octanol–water partition coefficient (Wildman–Crippen LogP) is 2.97. The molecule has 1 aromatic heterocycles. The molecule has 0 spiro atoms. The molecule has 2 rings (SSSR count). The molecule has 0 aliphatic rings. The van der Waals surface area contributed by atoms with E-state index in [1.165, 1.54) is 11.1 Å². The first-order valence-electron chi connectivity index (χ1n) is 5.44. The van der Waals surface area contributed by atoms with Crippen LogP contribution in [0.5, 0.6) is 0 Å². The van der Waals surface area contributed by atoms with Crippen LogP contribution in [0.4, 0.5) is 6.01 Å². The van der Waals surface area contributed by atoms with Crippen LogP contribution in [-0.4, -0.2) is 4.98 Å². The van der Waals surface area contributed by atoms with Crippen LogP contribution in [-0.2, 0) is 6.42 Å². The maximum Gasteiger partial charge on any atom is 0.292 e. The normalized spacial score (nSPS) is 10.9. The molecule has 0 aliphatic heterocycles. The fraction of sp³-hybridized carbons (Fsp3) is 0.308. The molecular formula is C13H16N2O.